The van der Waals surface area contributed by atoms with Gasteiger partial charge in [0.05, 0.1) is 0 Å². The van der Waals surface area contributed by atoms with E-state index in [1.807, 2.05) is 45.9 Å². The number of para-hydroxylation sites is 1. The number of likely N-dealkylation sites (tertiary alicyclic amines) is 1. The highest BCUT2D eigenvalue weighted by molar-refractivity contribution is 6.02. The third kappa shape index (κ3) is 4.29. The van der Waals surface area contributed by atoms with Gasteiger partial charge in [-0.15, -0.1) is 0 Å². The van der Waals surface area contributed by atoms with Crippen molar-refractivity contribution in [1.82, 2.24) is 9.88 Å². The Balaban J connectivity index is 1.46. The van der Waals surface area contributed by atoms with Crippen LogP contribution in [0.3, 0.4) is 0 Å². The third-order valence-electron chi connectivity index (χ3n) is 6.37. The average Bonchev–Trinajstić information content (AvgIpc) is 2.69. The molecule has 1 aromatic carbocycles. The number of benzene rings is 1. The molecule has 2 heterocycles. The number of pyridine rings is 1. The summed E-state index contributed by atoms with van der Waals surface area (Å²) < 4.78 is 6.23. The molecule has 31 heavy (non-hydrogen) atoms. The van der Waals surface area contributed by atoms with Gasteiger partial charge in [0.15, 0.2) is 5.78 Å². The quantitative estimate of drug-likeness (QED) is 0.815. The number of nitrogens with zero attached hydrogens (tertiary/aromatic N) is 1. The molecule has 1 aliphatic heterocycles. The number of carbonyl (C=O) groups excluding carboxylic acids is 2. The second-order valence-electron chi connectivity index (χ2n) is 9.68. The Bertz CT molecular complexity index is 1070. The molecule has 1 saturated heterocycles. The Labute approximate surface area is 182 Å². The highest BCUT2D eigenvalue weighted by Crippen LogP contribution is 2.33. The molecule has 0 saturated carbocycles. The number of fused-ring (bicyclic) bond motifs is 1. The monoisotopic (exact) mass is 422 g/mol. The van der Waals surface area contributed by atoms with Crippen LogP contribution in [-0.2, 0) is 6.42 Å². The molecule has 4 rings (SSSR count). The van der Waals surface area contributed by atoms with Gasteiger partial charge in [0.25, 0.3) is 11.5 Å². The molecule has 2 aliphatic rings. The van der Waals surface area contributed by atoms with E-state index < -0.39 is 5.56 Å². The van der Waals surface area contributed by atoms with Crippen LogP contribution in [0.15, 0.2) is 29.1 Å². The minimum absolute atomic E-state index is 0.0164. The second-order valence-corrected chi connectivity index (χ2v) is 9.68. The number of amides is 1. The van der Waals surface area contributed by atoms with Crippen molar-refractivity contribution in [3.05, 3.63) is 62.6 Å². The van der Waals surface area contributed by atoms with Gasteiger partial charge in [-0.2, -0.15) is 0 Å². The fraction of sp³-hybridized carbons (Fsp3) is 0.480. The highest BCUT2D eigenvalue weighted by Gasteiger charge is 2.34. The van der Waals surface area contributed by atoms with Crippen LogP contribution in [0.5, 0.6) is 5.75 Å². The Kier molecular flexibility index (Phi) is 5.50. The van der Waals surface area contributed by atoms with Crippen molar-refractivity contribution in [2.24, 2.45) is 5.41 Å². The summed E-state index contributed by atoms with van der Waals surface area (Å²) in [5.41, 5.74) is 2.79. The molecule has 164 valence electrons. The number of Topliss-reactive ketones (excluding diaryl/α,β-unsaturated/α-hetero) is 1. The average molecular weight is 423 g/mol. The number of aromatic nitrogens is 1. The summed E-state index contributed by atoms with van der Waals surface area (Å²) >= 11 is 0. The van der Waals surface area contributed by atoms with E-state index in [0.717, 1.165) is 16.9 Å². The minimum atomic E-state index is -0.414. The third-order valence-corrected chi connectivity index (χ3v) is 6.37. The number of ether oxygens (including phenoxy) is 1. The van der Waals surface area contributed by atoms with Crippen molar-refractivity contribution in [3.8, 4) is 5.75 Å². The van der Waals surface area contributed by atoms with E-state index >= 15 is 0 Å². The van der Waals surface area contributed by atoms with E-state index in [0.29, 0.717) is 50.0 Å². The number of aromatic amines is 1. The van der Waals surface area contributed by atoms with Crippen LogP contribution in [0.2, 0.25) is 0 Å². The van der Waals surface area contributed by atoms with Gasteiger partial charge in [0.2, 0.25) is 0 Å². The summed E-state index contributed by atoms with van der Waals surface area (Å²) in [5, 5.41) is 0. The first-order valence-electron chi connectivity index (χ1n) is 11.0. The molecule has 1 aliphatic carbocycles. The lowest BCUT2D eigenvalue weighted by Gasteiger charge is -2.33. The van der Waals surface area contributed by atoms with Crippen LogP contribution in [0.25, 0.3) is 0 Å². The fourth-order valence-corrected chi connectivity index (χ4v) is 4.69. The normalized spacial score (nSPS) is 18.6. The molecule has 1 aromatic heterocycles. The molecule has 6 heteroatoms. The van der Waals surface area contributed by atoms with Gasteiger partial charge in [0, 0.05) is 43.6 Å². The molecule has 6 nitrogen and oxygen atoms in total. The number of H-pyrrole nitrogens is 1. The molecule has 0 unspecified atom stereocenters. The largest absolute Gasteiger partial charge is 0.490 e. The molecule has 0 atom stereocenters. The van der Waals surface area contributed by atoms with Gasteiger partial charge in [-0.1, -0.05) is 32.0 Å². The van der Waals surface area contributed by atoms with E-state index in [1.54, 1.807) is 4.90 Å². The van der Waals surface area contributed by atoms with Crippen molar-refractivity contribution in [2.45, 2.75) is 59.5 Å². The van der Waals surface area contributed by atoms with E-state index in [9.17, 15) is 14.4 Å². The van der Waals surface area contributed by atoms with E-state index in [-0.39, 0.29) is 28.8 Å². The lowest BCUT2D eigenvalue weighted by atomic mass is 9.75. The molecule has 0 spiro atoms. The van der Waals surface area contributed by atoms with Crippen LogP contribution in [0.4, 0.5) is 0 Å². The Morgan fingerprint density at radius 2 is 1.74 bits per heavy atom. The number of aryl methyl sites for hydroxylation is 2. The first kappa shape index (κ1) is 21.3. The van der Waals surface area contributed by atoms with Gasteiger partial charge in [0.1, 0.15) is 17.4 Å². The van der Waals surface area contributed by atoms with Gasteiger partial charge in [-0.3, -0.25) is 14.4 Å². The first-order chi connectivity index (χ1) is 14.6. The van der Waals surface area contributed by atoms with E-state index in [4.69, 9.17) is 4.74 Å². The van der Waals surface area contributed by atoms with Crippen molar-refractivity contribution in [1.29, 1.82) is 0 Å². The molecule has 1 N–H and O–H groups in total. The van der Waals surface area contributed by atoms with Gasteiger partial charge >= 0.3 is 0 Å². The maximum Gasteiger partial charge on any atom is 0.261 e. The zero-order valence-electron chi connectivity index (χ0n) is 18.7. The summed E-state index contributed by atoms with van der Waals surface area (Å²) in [7, 11) is 0. The zero-order valence-corrected chi connectivity index (χ0v) is 18.7. The molecule has 0 radical (unpaired) electrons. The maximum atomic E-state index is 13.1. The van der Waals surface area contributed by atoms with Gasteiger partial charge < -0.3 is 14.6 Å². The number of piperidine rings is 1. The van der Waals surface area contributed by atoms with Gasteiger partial charge in [-0.05, 0) is 42.9 Å². The van der Waals surface area contributed by atoms with Crippen LogP contribution in [0.1, 0.15) is 70.6 Å². The Morgan fingerprint density at radius 1 is 1.10 bits per heavy atom. The fourth-order valence-electron chi connectivity index (χ4n) is 4.69. The zero-order chi connectivity index (χ0) is 22.3. The molecule has 1 fully saturated rings. The summed E-state index contributed by atoms with van der Waals surface area (Å²) in [6, 6.07) is 7.59. The minimum Gasteiger partial charge on any atom is -0.490 e. The Hall–Kier alpha value is -2.89. The van der Waals surface area contributed by atoms with Crippen LogP contribution >= 0.6 is 0 Å². The van der Waals surface area contributed by atoms with Crippen LogP contribution in [-0.4, -0.2) is 40.8 Å². The molecule has 0 bridgehead atoms. The number of nitrogens with one attached hydrogen (secondary N) is 1. The predicted octanol–water partition coefficient (Wildman–Crippen LogP) is 3.83. The summed E-state index contributed by atoms with van der Waals surface area (Å²) in [6.45, 7) is 9.13. The lowest BCUT2D eigenvalue weighted by molar-refractivity contribution is 0.0591. The standard InChI is InChI=1S/C25H30N2O4/c1-15-6-5-7-16(2)22(15)31-17-8-10-27(11-9-17)24(30)19-12-18-20(26-23(19)29)13-25(3,4)14-21(18)28/h5-7,12,17H,8-11,13-14H2,1-4H3,(H,26,29). The van der Waals surface area contributed by atoms with E-state index in [1.165, 1.54) is 6.07 Å². The molecule has 2 aromatic rings. The van der Waals surface area contributed by atoms with Crippen LogP contribution in [0, 0.1) is 19.3 Å². The SMILES string of the molecule is Cc1cccc(C)c1OC1CCN(C(=O)c2cc3c([nH]c2=O)CC(C)(C)CC3=O)CC1. The van der Waals surface area contributed by atoms with Crippen molar-refractivity contribution in [3.63, 3.8) is 0 Å². The number of hydrogen-bond donors (Lipinski definition) is 1. The smallest absolute Gasteiger partial charge is 0.261 e. The maximum absolute atomic E-state index is 13.1. The summed E-state index contributed by atoms with van der Waals surface area (Å²) in [4.78, 5) is 42.8. The molecular formula is C25H30N2O4. The number of ketones is 1. The second kappa shape index (κ2) is 7.98. The lowest BCUT2D eigenvalue weighted by Crippen LogP contribution is -2.44. The molecular weight excluding hydrogens is 392 g/mol. The number of rotatable bonds is 3. The first-order valence-corrected chi connectivity index (χ1v) is 11.0. The predicted molar refractivity (Wildman–Crippen MR) is 119 cm³/mol. The molecule has 1 amide bonds. The summed E-state index contributed by atoms with van der Waals surface area (Å²) in [6.07, 6.45) is 2.49. The highest BCUT2D eigenvalue weighted by atomic mass is 16.5. The van der Waals surface area contributed by atoms with Crippen molar-refractivity contribution in [2.75, 3.05) is 13.1 Å². The van der Waals surface area contributed by atoms with Crippen molar-refractivity contribution >= 4 is 11.7 Å². The van der Waals surface area contributed by atoms with Crippen molar-refractivity contribution < 1.29 is 14.3 Å². The van der Waals surface area contributed by atoms with Crippen LogP contribution < -0.4 is 10.3 Å². The van der Waals surface area contributed by atoms with Gasteiger partial charge in [-0.25, -0.2) is 0 Å². The number of hydrogen-bond acceptors (Lipinski definition) is 4. The summed E-state index contributed by atoms with van der Waals surface area (Å²) in [5.74, 6) is 0.587. The Morgan fingerprint density at radius 3 is 2.39 bits per heavy atom. The van der Waals surface area contributed by atoms with E-state index in [2.05, 4.69) is 4.98 Å². The number of carbonyl (C=O) groups is 2. The topological polar surface area (TPSA) is 79.5 Å².